The zero-order chi connectivity index (χ0) is 15.2. The Morgan fingerprint density at radius 1 is 1.14 bits per heavy atom. The number of hydrogen-bond donors (Lipinski definition) is 0. The fourth-order valence-corrected chi connectivity index (χ4v) is 2.78. The molecule has 0 heterocycles. The van der Waals surface area contributed by atoms with E-state index in [0.717, 1.165) is 10.0 Å². The van der Waals surface area contributed by atoms with Gasteiger partial charge in [0, 0.05) is 28.5 Å². The van der Waals surface area contributed by atoms with Gasteiger partial charge < -0.3 is 4.90 Å². The molecule has 5 heteroatoms. The van der Waals surface area contributed by atoms with Gasteiger partial charge in [0.25, 0.3) is 5.91 Å². The van der Waals surface area contributed by atoms with Gasteiger partial charge in [-0.3, -0.25) is 4.79 Å². The first-order valence-corrected chi connectivity index (χ1v) is 8.16. The zero-order valence-corrected chi connectivity index (χ0v) is 14.3. The lowest BCUT2D eigenvalue weighted by atomic mass is 10.1. The largest absolute Gasteiger partial charge is 0.333 e. The van der Waals surface area contributed by atoms with Crippen molar-refractivity contribution >= 4 is 45.0 Å². The van der Waals surface area contributed by atoms with Gasteiger partial charge in [0.15, 0.2) is 0 Å². The first-order valence-electron chi connectivity index (χ1n) is 6.46. The van der Waals surface area contributed by atoms with Gasteiger partial charge >= 0.3 is 0 Å². The van der Waals surface area contributed by atoms with Crippen molar-refractivity contribution in [1.82, 2.24) is 4.90 Å². The minimum Gasteiger partial charge on any atom is -0.333 e. The third-order valence-electron chi connectivity index (χ3n) is 3.02. The van der Waals surface area contributed by atoms with E-state index in [2.05, 4.69) is 15.9 Å². The minimum atomic E-state index is -0.0890. The van der Waals surface area contributed by atoms with Gasteiger partial charge in [-0.05, 0) is 39.7 Å². The van der Waals surface area contributed by atoms with Crippen LogP contribution in [0.5, 0.6) is 0 Å². The third kappa shape index (κ3) is 4.47. The second-order valence-corrected chi connectivity index (χ2v) is 6.19. The van der Waals surface area contributed by atoms with Crippen LogP contribution in [0, 0.1) is 0 Å². The van der Waals surface area contributed by atoms with E-state index in [1.807, 2.05) is 30.3 Å². The molecule has 1 amide bonds. The highest BCUT2D eigenvalue weighted by molar-refractivity contribution is 9.10. The van der Waals surface area contributed by atoms with Crippen molar-refractivity contribution in [2.45, 2.75) is 6.54 Å². The van der Waals surface area contributed by atoms with Crippen LogP contribution in [0.1, 0.15) is 15.9 Å². The predicted octanol–water partition coefficient (Wildman–Crippen LogP) is 4.98. The monoisotopic (exact) mass is 385 g/mol. The highest BCUT2D eigenvalue weighted by Crippen LogP contribution is 2.23. The smallest absolute Gasteiger partial charge is 0.255 e. The minimum absolute atomic E-state index is 0.0890. The average molecular weight is 387 g/mol. The molecular weight excluding hydrogens is 373 g/mol. The number of carbonyl (C=O) groups is 1. The first-order chi connectivity index (χ1) is 10.1. The van der Waals surface area contributed by atoms with Crippen molar-refractivity contribution in [3.05, 3.63) is 69.2 Å². The zero-order valence-electron chi connectivity index (χ0n) is 11.2. The van der Waals surface area contributed by atoms with Crippen LogP contribution in [0.3, 0.4) is 0 Å². The van der Waals surface area contributed by atoms with Gasteiger partial charge in [-0.25, -0.2) is 0 Å². The number of carbonyl (C=O) groups excluding carboxylic acids is 1. The molecule has 0 radical (unpaired) electrons. The number of alkyl halides is 1. The van der Waals surface area contributed by atoms with Crippen LogP contribution in [0.25, 0.3) is 0 Å². The molecule has 21 heavy (non-hydrogen) atoms. The lowest BCUT2D eigenvalue weighted by Crippen LogP contribution is -2.32. The molecule has 0 aliphatic rings. The molecule has 0 saturated carbocycles. The van der Waals surface area contributed by atoms with Crippen molar-refractivity contribution in [2.75, 3.05) is 12.4 Å². The van der Waals surface area contributed by atoms with Crippen molar-refractivity contribution in [2.24, 2.45) is 0 Å². The molecule has 2 aromatic rings. The van der Waals surface area contributed by atoms with E-state index in [-0.39, 0.29) is 5.91 Å². The maximum atomic E-state index is 12.7. The van der Waals surface area contributed by atoms with Crippen LogP contribution in [0.15, 0.2) is 53.0 Å². The lowest BCUT2D eigenvalue weighted by Gasteiger charge is -2.22. The van der Waals surface area contributed by atoms with E-state index in [1.165, 1.54) is 0 Å². The fourth-order valence-electron chi connectivity index (χ4n) is 1.99. The predicted molar refractivity (Wildman–Crippen MR) is 91.1 cm³/mol. The summed E-state index contributed by atoms with van der Waals surface area (Å²) < 4.78 is 0.726. The Bertz CT molecular complexity index is 619. The summed E-state index contributed by atoms with van der Waals surface area (Å²) in [4.78, 5) is 14.4. The summed E-state index contributed by atoms with van der Waals surface area (Å²) in [6, 6.07) is 15.0. The summed E-state index contributed by atoms with van der Waals surface area (Å²) in [5, 5.41) is 0.534. The Kier molecular flexibility index (Phi) is 6.09. The van der Waals surface area contributed by atoms with E-state index < -0.39 is 0 Å². The van der Waals surface area contributed by atoms with E-state index >= 15 is 0 Å². The van der Waals surface area contributed by atoms with Gasteiger partial charge in [-0.1, -0.05) is 41.9 Å². The van der Waals surface area contributed by atoms with Crippen LogP contribution < -0.4 is 0 Å². The lowest BCUT2D eigenvalue weighted by molar-refractivity contribution is 0.0753. The normalized spacial score (nSPS) is 10.4. The Morgan fingerprint density at radius 3 is 2.52 bits per heavy atom. The van der Waals surface area contributed by atoms with Crippen LogP contribution >= 0.6 is 39.1 Å². The van der Waals surface area contributed by atoms with E-state index in [9.17, 15) is 4.79 Å². The number of halogens is 3. The maximum absolute atomic E-state index is 12.7. The van der Waals surface area contributed by atoms with Gasteiger partial charge in [0.2, 0.25) is 0 Å². The molecule has 0 bridgehead atoms. The summed E-state index contributed by atoms with van der Waals surface area (Å²) >= 11 is 15.2. The second-order valence-electron chi connectivity index (χ2n) is 4.53. The average Bonchev–Trinajstić information content (AvgIpc) is 2.49. The Balaban J connectivity index is 2.25. The fraction of sp³-hybridized carbons (Fsp3) is 0.188. The molecule has 0 aliphatic heterocycles. The van der Waals surface area contributed by atoms with Crippen LogP contribution in [-0.4, -0.2) is 23.2 Å². The standard InChI is InChI=1S/C16H14BrCl2NO/c17-15-7-6-13(19)10-14(15)16(21)20(9-8-18)11-12-4-2-1-3-5-12/h1-7,10H,8-9,11H2. The first kappa shape index (κ1) is 16.3. The Labute approximate surface area is 142 Å². The number of amides is 1. The molecule has 0 unspecified atom stereocenters. The molecule has 0 aliphatic carbocycles. The van der Waals surface area contributed by atoms with Crippen molar-refractivity contribution < 1.29 is 4.79 Å². The molecule has 0 N–H and O–H groups in total. The molecule has 2 aromatic carbocycles. The number of hydrogen-bond acceptors (Lipinski definition) is 1. The Hall–Kier alpha value is -1.03. The van der Waals surface area contributed by atoms with Gasteiger partial charge in [0.1, 0.15) is 0 Å². The van der Waals surface area contributed by atoms with Crippen molar-refractivity contribution in [3.8, 4) is 0 Å². The summed E-state index contributed by atoms with van der Waals surface area (Å²) in [7, 11) is 0. The quantitative estimate of drug-likeness (QED) is 0.663. The topological polar surface area (TPSA) is 20.3 Å². The summed E-state index contributed by atoms with van der Waals surface area (Å²) in [5.74, 6) is 0.297. The molecule has 0 spiro atoms. The van der Waals surface area contributed by atoms with E-state index in [4.69, 9.17) is 23.2 Å². The highest BCUT2D eigenvalue weighted by Gasteiger charge is 2.18. The van der Waals surface area contributed by atoms with E-state index in [0.29, 0.717) is 29.6 Å². The van der Waals surface area contributed by atoms with Crippen LogP contribution in [-0.2, 0) is 6.54 Å². The molecule has 2 rings (SSSR count). The van der Waals surface area contributed by atoms with Crippen molar-refractivity contribution in [3.63, 3.8) is 0 Å². The van der Waals surface area contributed by atoms with Crippen LogP contribution in [0.4, 0.5) is 0 Å². The summed E-state index contributed by atoms with van der Waals surface area (Å²) in [5.41, 5.74) is 1.61. The number of benzene rings is 2. The van der Waals surface area contributed by atoms with Crippen LogP contribution in [0.2, 0.25) is 5.02 Å². The number of nitrogens with zero attached hydrogens (tertiary/aromatic N) is 1. The highest BCUT2D eigenvalue weighted by atomic mass is 79.9. The number of rotatable bonds is 5. The third-order valence-corrected chi connectivity index (χ3v) is 4.11. The molecule has 0 saturated heterocycles. The maximum Gasteiger partial charge on any atom is 0.255 e. The molecule has 0 fully saturated rings. The molecule has 0 aromatic heterocycles. The van der Waals surface area contributed by atoms with Gasteiger partial charge in [-0.2, -0.15) is 0 Å². The summed E-state index contributed by atoms with van der Waals surface area (Å²) in [6.07, 6.45) is 0. The van der Waals surface area contributed by atoms with Crippen molar-refractivity contribution in [1.29, 1.82) is 0 Å². The molecule has 110 valence electrons. The van der Waals surface area contributed by atoms with Gasteiger partial charge in [-0.15, -0.1) is 11.6 Å². The van der Waals surface area contributed by atoms with Gasteiger partial charge in [0.05, 0.1) is 5.56 Å². The summed E-state index contributed by atoms with van der Waals surface area (Å²) in [6.45, 7) is 1.000. The molecular formula is C16H14BrCl2NO. The molecule has 0 atom stereocenters. The second kappa shape index (κ2) is 7.83. The Morgan fingerprint density at radius 2 is 1.86 bits per heavy atom. The molecule has 2 nitrogen and oxygen atoms in total. The van der Waals surface area contributed by atoms with E-state index in [1.54, 1.807) is 23.1 Å². The SMILES string of the molecule is O=C(c1cc(Cl)ccc1Br)N(CCCl)Cc1ccccc1.